The second-order valence-electron chi connectivity index (χ2n) is 3.34. The van der Waals surface area contributed by atoms with Gasteiger partial charge in [0.25, 0.3) is 0 Å². The van der Waals surface area contributed by atoms with Crippen LogP contribution in [0.15, 0.2) is 18.2 Å². The molecule has 0 aliphatic heterocycles. The molecule has 0 heterocycles. The molecule has 1 unspecified atom stereocenters. The van der Waals surface area contributed by atoms with Gasteiger partial charge in [-0.2, -0.15) is 0 Å². The molecule has 0 fully saturated rings. The summed E-state index contributed by atoms with van der Waals surface area (Å²) in [7, 11) is 0. The topological polar surface area (TPSA) is 20.2 Å². The first-order valence-electron chi connectivity index (χ1n) is 4.75. The largest absolute Gasteiger partial charge is 0.393 e. The second-order valence-corrected chi connectivity index (χ2v) is 3.74. The quantitative estimate of drug-likeness (QED) is 0.820. The minimum Gasteiger partial charge on any atom is -0.393 e. The fraction of sp³-hybridized carbons (Fsp3) is 0.455. The summed E-state index contributed by atoms with van der Waals surface area (Å²) in [6.45, 7) is 1.93. The Morgan fingerprint density at radius 2 is 2.21 bits per heavy atom. The van der Waals surface area contributed by atoms with E-state index in [1.54, 1.807) is 6.07 Å². The number of aryl methyl sites for hydroxylation is 1. The molecule has 0 radical (unpaired) electrons. The third kappa shape index (κ3) is 3.28. The number of hydrogen-bond acceptors (Lipinski definition) is 1. The zero-order valence-electron chi connectivity index (χ0n) is 8.13. The highest BCUT2D eigenvalue weighted by atomic mass is 35.5. The minimum absolute atomic E-state index is 0.295. The Hall–Kier alpha value is -0.600. The van der Waals surface area contributed by atoms with Crippen molar-refractivity contribution in [2.45, 2.75) is 32.3 Å². The van der Waals surface area contributed by atoms with Crippen LogP contribution in [-0.4, -0.2) is 11.2 Å². The van der Waals surface area contributed by atoms with Gasteiger partial charge >= 0.3 is 0 Å². The maximum absolute atomic E-state index is 12.7. The van der Waals surface area contributed by atoms with Crippen molar-refractivity contribution in [3.8, 4) is 0 Å². The van der Waals surface area contributed by atoms with E-state index in [1.807, 2.05) is 6.92 Å². The SMILES string of the molecule is CCC(O)CCc1ccc(F)cc1Cl. The van der Waals surface area contributed by atoms with E-state index in [9.17, 15) is 9.50 Å². The highest BCUT2D eigenvalue weighted by Gasteiger charge is 2.05. The van der Waals surface area contributed by atoms with Crippen LogP contribution in [0.3, 0.4) is 0 Å². The molecule has 78 valence electrons. The van der Waals surface area contributed by atoms with E-state index >= 15 is 0 Å². The Morgan fingerprint density at radius 3 is 2.79 bits per heavy atom. The number of aliphatic hydroxyl groups excluding tert-OH is 1. The van der Waals surface area contributed by atoms with Gasteiger partial charge in [-0.15, -0.1) is 0 Å². The molecule has 0 aromatic heterocycles. The number of benzene rings is 1. The predicted molar refractivity (Wildman–Crippen MR) is 56.0 cm³/mol. The van der Waals surface area contributed by atoms with Gasteiger partial charge in [0.05, 0.1) is 6.10 Å². The van der Waals surface area contributed by atoms with Crippen LogP contribution in [0.1, 0.15) is 25.3 Å². The fourth-order valence-corrected chi connectivity index (χ4v) is 1.51. The Balaban J connectivity index is 2.59. The average molecular weight is 217 g/mol. The van der Waals surface area contributed by atoms with Crippen LogP contribution in [0.2, 0.25) is 5.02 Å². The average Bonchev–Trinajstić information content (AvgIpc) is 2.16. The van der Waals surface area contributed by atoms with Crippen molar-refractivity contribution in [1.82, 2.24) is 0 Å². The summed E-state index contributed by atoms with van der Waals surface area (Å²) in [6.07, 6.45) is 1.80. The molecular weight excluding hydrogens is 203 g/mol. The van der Waals surface area contributed by atoms with Crippen molar-refractivity contribution in [1.29, 1.82) is 0 Å². The lowest BCUT2D eigenvalue weighted by atomic mass is 10.1. The normalized spacial score (nSPS) is 12.9. The molecule has 0 aliphatic rings. The molecule has 0 saturated carbocycles. The van der Waals surface area contributed by atoms with Crippen molar-refractivity contribution in [3.63, 3.8) is 0 Å². The zero-order chi connectivity index (χ0) is 10.6. The Labute approximate surface area is 88.5 Å². The van der Waals surface area contributed by atoms with Crippen molar-refractivity contribution in [2.24, 2.45) is 0 Å². The highest BCUT2D eigenvalue weighted by Crippen LogP contribution is 2.19. The molecule has 1 nitrogen and oxygen atoms in total. The van der Waals surface area contributed by atoms with Gasteiger partial charge in [0, 0.05) is 5.02 Å². The van der Waals surface area contributed by atoms with Crippen LogP contribution in [0.5, 0.6) is 0 Å². The second kappa shape index (κ2) is 5.32. The monoisotopic (exact) mass is 216 g/mol. The summed E-state index contributed by atoms with van der Waals surface area (Å²) < 4.78 is 12.7. The third-order valence-corrected chi connectivity index (χ3v) is 2.59. The van der Waals surface area contributed by atoms with E-state index in [4.69, 9.17) is 11.6 Å². The zero-order valence-corrected chi connectivity index (χ0v) is 8.89. The lowest BCUT2D eigenvalue weighted by Gasteiger charge is -2.08. The van der Waals surface area contributed by atoms with E-state index in [0.717, 1.165) is 12.0 Å². The van der Waals surface area contributed by atoms with Gasteiger partial charge in [0.2, 0.25) is 0 Å². The van der Waals surface area contributed by atoms with Crippen molar-refractivity contribution < 1.29 is 9.50 Å². The number of rotatable bonds is 4. The molecule has 3 heteroatoms. The lowest BCUT2D eigenvalue weighted by Crippen LogP contribution is -2.05. The Bertz CT molecular complexity index is 301. The first-order chi connectivity index (χ1) is 6.63. The predicted octanol–water partition coefficient (Wildman–Crippen LogP) is 3.18. The van der Waals surface area contributed by atoms with Crippen LogP contribution < -0.4 is 0 Å². The standard InChI is InChI=1S/C11H14ClFO/c1-2-10(14)6-4-8-3-5-9(13)7-11(8)12/h3,5,7,10,14H,2,4,6H2,1H3. The summed E-state index contributed by atoms with van der Waals surface area (Å²) in [6, 6.07) is 4.36. The van der Waals surface area contributed by atoms with E-state index in [1.165, 1.54) is 12.1 Å². The molecule has 1 aromatic rings. The molecule has 0 saturated heterocycles. The van der Waals surface area contributed by atoms with Gasteiger partial charge in [-0.1, -0.05) is 24.6 Å². The molecular formula is C11H14ClFO. The van der Waals surface area contributed by atoms with Gasteiger partial charge in [-0.3, -0.25) is 0 Å². The molecule has 0 aliphatic carbocycles. The summed E-state index contributed by atoms with van der Waals surface area (Å²) in [5.74, 6) is -0.324. The van der Waals surface area contributed by atoms with E-state index in [-0.39, 0.29) is 11.9 Å². The lowest BCUT2D eigenvalue weighted by molar-refractivity contribution is 0.160. The molecule has 1 atom stereocenters. The number of aliphatic hydroxyl groups is 1. The van der Waals surface area contributed by atoms with Crippen molar-refractivity contribution in [2.75, 3.05) is 0 Å². The first-order valence-corrected chi connectivity index (χ1v) is 5.13. The van der Waals surface area contributed by atoms with E-state index in [0.29, 0.717) is 17.9 Å². The molecule has 0 bridgehead atoms. The first kappa shape index (κ1) is 11.5. The van der Waals surface area contributed by atoms with Gasteiger partial charge in [0.1, 0.15) is 5.82 Å². The highest BCUT2D eigenvalue weighted by molar-refractivity contribution is 6.31. The van der Waals surface area contributed by atoms with Crippen LogP contribution >= 0.6 is 11.6 Å². The Morgan fingerprint density at radius 1 is 1.50 bits per heavy atom. The smallest absolute Gasteiger partial charge is 0.124 e. The minimum atomic E-state index is -0.324. The summed E-state index contributed by atoms with van der Waals surface area (Å²) in [5, 5.41) is 9.79. The number of halogens is 2. The molecule has 0 amide bonds. The molecule has 1 N–H and O–H groups in total. The summed E-state index contributed by atoms with van der Waals surface area (Å²) in [4.78, 5) is 0. The van der Waals surface area contributed by atoms with Gasteiger partial charge < -0.3 is 5.11 Å². The number of hydrogen-bond donors (Lipinski definition) is 1. The maximum atomic E-state index is 12.7. The van der Waals surface area contributed by atoms with Crippen LogP contribution in [0.4, 0.5) is 4.39 Å². The van der Waals surface area contributed by atoms with E-state index in [2.05, 4.69) is 0 Å². The Kier molecular flexibility index (Phi) is 4.36. The molecule has 1 aromatic carbocycles. The molecule has 1 rings (SSSR count). The van der Waals surface area contributed by atoms with Gasteiger partial charge in [0.15, 0.2) is 0 Å². The van der Waals surface area contributed by atoms with Crippen LogP contribution in [0, 0.1) is 5.82 Å². The molecule has 14 heavy (non-hydrogen) atoms. The maximum Gasteiger partial charge on any atom is 0.124 e. The van der Waals surface area contributed by atoms with Crippen LogP contribution in [0.25, 0.3) is 0 Å². The van der Waals surface area contributed by atoms with Gasteiger partial charge in [-0.25, -0.2) is 4.39 Å². The van der Waals surface area contributed by atoms with Gasteiger partial charge in [-0.05, 0) is 37.0 Å². The van der Waals surface area contributed by atoms with Crippen molar-refractivity contribution in [3.05, 3.63) is 34.6 Å². The summed E-state index contributed by atoms with van der Waals surface area (Å²) in [5.41, 5.74) is 0.889. The molecule has 0 spiro atoms. The fourth-order valence-electron chi connectivity index (χ4n) is 1.25. The van der Waals surface area contributed by atoms with E-state index < -0.39 is 0 Å². The third-order valence-electron chi connectivity index (χ3n) is 2.23. The van der Waals surface area contributed by atoms with Crippen LogP contribution in [-0.2, 0) is 6.42 Å². The summed E-state index contributed by atoms with van der Waals surface area (Å²) >= 11 is 5.83. The van der Waals surface area contributed by atoms with Crippen molar-refractivity contribution >= 4 is 11.6 Å².